The van der Waals surface area contributed by atoms with Crippen LogP contribution in [0.4, 0.5) is 5.82 Å². The van der Waals surface area contributed by atoms with E-state index in [1.54, 1.807) is 11.9 Å². The maximum absolute atomic E-state index is 13.2. The van der Waals surface area contributed by atoms with Crippen molar-refractivity contribution in [3.63, 3.8) is 0 Å². The van der Waals surface area contributed by atoms with Gasteiger partial charge in [-0.2, -0.15) is 0 Å². The lowest BCUT2D eigenvalue weighted by atomic mass is 9.95. The first-order valence-corrected chi connectivity index (χ1v) is 9.93. The Morgan fingerprint density at radius 2 is 1.93 bits per heavy atom. The molecule has 0 bridgehead atoms. The lowest BCUT2D eigenvalue weighted by Crippen LogP contribution is -2.54. The minimum atomic E-state index is -0.890. The highest BCUT2D eigenvalue weighted by Crippen LogP contribution is 2.82. The molecule has 2 aromatic heterocycles. The molecule has 0 saturated heterocycles. The summed E-state index contributed by atoms with van der Waals surface area (Å²) in [5.41, 5.74) is 1.20. The van der Waals surface area contributed by atoms with Crippen LogP contribution in [0, 0.1) is 18.8 Å². The zero-order valence-electron chi connectivity index (χ0n) is 16.8. The van der Waals surface area contributed by atoms with Crippen molar-refractivity contribution in [2.75, 3.05) is 11.9 Å². The topological polar surface area (TPSA) is 106 Å². The Labute approximate surface area is 172 Å². The predicted octanol–water partition coefficient (Wildman–Crippen LogP) is 1.19. The van der Waals surface area contributed by atoms with Crippen LogP contribution in [-0.2, 0) is 18.3 Å². The minimum Gasteiger partial charge on any atom is -0.417 e. The summed E-state index contributed by atoms with van der Waals surface area (Å²) in [4.78, 5) is 32.2. The normalized spacial score (nSPS) is 27.9. The van der Waals surface area contributed by atoms with E-state index in [0.29, 0.717) is 18.1 Å². The van der Waals surface area contributed by atoms with E-state index in [1.807, 2.05) is 48.9 Å². The van der Waals surface area contributed by atoms with Crippen molar-refractivity contribution in [2.24, 2.45) is 18.9 Å². The van der Waals surface area contributed by atoms with Crippen LogP contribution in [0.25, 0.3) is 0 Å². The average molecular weight is 404 g/mol. The number of carbonyl (C=O) groups is 2. The van der Waals surface area contributed by atoms with E-state index in [0.717, 1.165) is 17.1 Å². The van der Waals surface area contributed by atoms with E-state index in [9.17, 15) is 9.59 Å². The van der Waals surface area contributed by atoms with Crippen LogP contribution in [0.15, 0.2) is 34.7 Å². The highest BCUT2D eigenvalue weighted by molar-refractivity contribution is 6.10. The molecular formula is C21H20N6O3. The second-order valence-electron chi connectivity index (χ2n) is 8.35. The summed E-state index contributed by atoms with van der Waals surface area (Å²) in [6, 6.07) is 9.69. The quantitative estimate of drug-likeness (QED) is 0.700. The number of rotatable bonds is 4. The van der Waals surface area contributed by atoms with E-state index in [-0.39, 0.29) is 29.6 Å². The number of fused-ring (bicyclic) bond motifs is 4. The van der Waals surface area contributed by atoms with E-state index < -0.39 is 11.4 Å². The number of hydrogen-bond acceptors (Lipinski definition) is 6. The van der Waals surface area contributed by atoms with Crippen molar-refractivity contribution < 1.29 is 14.0 Å². The molecule has 0 radical (unpaired) electrons. The fourth-order valence-corrected chi connectivity index (χ4v) is 5.08. The van der Waals surface area contributed by atoms with Crippen molar-refractivity contribution in [1.82, 2.24) is 25.1 Å². The maximum Gasteiger partial charge on any atom is 0.309 e. The smallest absolute Gasteiger partial charge is 0.309 e. The largest absolute Gasteiger partial charge is 0.417 e. The monoisotopic (exact) mass is 404 g/mol. The van der Waals surface area contributed by atoms with Crippen LogP contribution in [-0.4, -0.2) is 44.1 Å². The van der Waals surface area contributed by atoms with Gasteiger partial charge in [0.05, 0.1) is 12.1 Å². The summed E-state index contributed by atoms with van der Waals surface area (Å²) in [6.45, 7) is 1.93. The Balaban J connectivity index is 1.23. The van der Waals surface area contributed by atoms with Gasteiger partial charge in [-0.1, -0.05) is 30.3 Å². The number of amides is 2. The van der Waals surface area contributed by atoms with Gasteiger partial charge in [0.15, 0.2) is 5.82 Å². The van der Waals surface area contributed by atoms with Gasteiger partial charge < -0.3 is 14.3 Å². The van der Waals surface area contributed by atoms with Crippen molar-refractivity contribution in [3.05, 3.63) is 59.2 Å². The lowest BCUT2D eigenvalue weighted by Gasteiger charge is -2.25. The number of anilines is 1. The van der Waals surface area contributed by atoms with Crippen molar-refractivity contribution in [2.45, 2.75) is 24.8 Å². The molecular weight excluding hydrogens is 384 g/mol. The number of aryl methyl sites for hydroxylation is 1. The number of likely N-dealkylation sites (N-methyl/N-ethyl adjacent to an activating group) is 1. The number of nitrogens with zero attached hydrogens (tertiary/aromatic N) is 5. The summed E-state index contributed by atoms with van der Waals surface area (Å²) in [6.07, 6.45) is 0.446. The second kappa shape index (κ2) is 5.56. The highest BCUT2D eigenvalue weighted by Gasteiger charge is 2.90. The summed E-state index contributed by atoms with van der Waals surface area (Å²) < 4.78 is 7.61. The summed E-state index contributed by atoms with van der Waals surface area (Å²) in [7, 11) is 3.68. The number of hydrogen-bond donors (Lipinski definition) is 1. The van der Waals surface area contributed by atoms with Crippen LogP contribution < -0.4 is 10.2 Å². The molecule has 3 aromatic rings. The molecule has 2 fully saturated rings. The maximum atomic E-state index is 13.2. The first-order valence-electron chi connectivity index (χ1n) is 9.93. The van der Waals surface area contributed by atoms with E-state index in [4.69, 9.17) is 4.42 Å². The van der Waals surface area contributed by atoms with Crippen molar-refractivity contribution in [1.29, 1.82) is 0 Å². The first-order chi connectivity index (χ1) is 14.4. The Bertz CT molecular complexity index is 1200. The molecule has 1 unspecified atom stereocenters. The van der Waals surface area contributed by atoms with Gasteiger partial charge in [-0.05, 0) is 12.5 Å². The second-order valence-corrected chi connectivity index (χ2v) is 8.35. The molecule has 9 nitrogen and oxygen atoms in total. The molecule has 0 spiro atoms. The van der Waals surface area contributed by atoms with Gasteiger partial charge >= 0.3 is 11.8 Å². The summed E-state index contributed by atoms with van der Waals surface area (Å²) in [5, 5.41) is 10.8. The molecule has 1 aromatic carbocycles. The van der Waals surface area contributed by atoms with Gasteiger partial charge in [-0.25, -0.2) is 4.98 Å². The minimum absolute atomic E-state index is 0.0964. The van der Waals surface area contributed by atoms with E-state index in [2.05, 4.69) is 20.5 Å². The molecule has 2 saturated carbocycles. The first kappa shape index (κ1) is 17.4. The molecule has 2 amide bonds. The predicted molar refractivity (Wildman–Crippen MR) is 105 cm³/mol. The third-order valence-corrected chi connectivity index (χ3v) is 6.78. The molecule has 3 heterocycles. The molecule has 1 aliphatic heterocycles. The Morgan fingerprint density at radius 3 is 2.67 bits per heavy atom. The number of imidazole rings is 1. The number of carbonyl (C=O) groups excluding carboxylic acids is 2. The van der Waals surface area contributed by atoms with Crippen LogP contribution >= 0.6 is 0 Å². The lowest BCUT2D eigenvalue weighted by molar-refractivity contribution is -0.122. The van der Waals surface area contributed by atoms with Gasteiger partial charge in [-0.15, -0.1) is 10.2 Å². The third-order valence-electron chi connectivity index (χ3n) is 6.78. The number of aromatic nitrogens is 4. The van der Waals surface area contributed by atoms with Crippen molar-refractivity contribution >= 4 is 17.6 Å². The van der Waals surface area contributed by atoms with E-state index in [1.165, 1.54) is 0 Å². The van der Waals surface area contributed by atoms with Gasteiger partial charge in [0.1, 0.15) is 11.4 Å². The number of nitrogens with one attached hydrogen (secondary N) is 1. The van der Waals surface area contributed by atoms with Crippen LogP contribution in [0.1, 0.15) is 39.6 Å². The van der Waals surface area contributed by atoms with Gasteiger partial charge in [-0.3, -0.25) is 14.5 Å². The van der Waals surface area contributed by atoms with Gasteiger partial charge in [0.25, 0.3) is 5.91 Å². The Hall–Kier alpha value is -3.49. The number of benzene rings is 1. The highest BCUT2D eigenvalue weighted by atomic mass is 16.4. The van der Waals surface area contributed by atoms with Gasteiger partial charge in [0, 0.05) is 31.8 Å². The molecule has 9 heteroatoms. The molecule has 2 aliphatic carbocycles. The molecule has 3 aliphatic rings. The fourth-order valence-electron chi connectivity index (χ4n) is 5.08. The standard InChI is InChI=1S/C21H20N6O3/c1-10-22-17-16(26(10)2)13-14-15(13)21(14,20(29)27(17)3)23-18(28)19-25-24-12(30-19)9-11-7-5-4-6-8-11/h4-8,13-15H,9H2,1-3H3,(H,23,28)/t13-,14+,15?,21+/m0/s1. The third kappa shape index (κ3) is 2.09. The van der Waals surface area contributed by atoms with Crippen LogP contribution in [0.5, 0.6) is 0 Å². The van der Waals surface area contributed by atoms with Crippen LogP contribution in [0.2, 0.25) is 0 Å². The SMILES string of the molecule is Cc1nc2c(n1C)[C@@H]1C3[C@@H]1[C@]3(NC(=O)c1nnc(Cc3ccccc3)o1)C(=O)N2C. The molecule has 6 rings (SSSR count). The van der Waals surface area contributed by atoms with Gasteiger partial charge in [0.2, 0.25) is 5.89 Å². The Kier molecular flexibility index (Phi) is 3.22. The van der Waals surface area contributed by atoms with E-state index >= 15 is 0 Å². The van der Waals surface area contributed by atoms with Crippen molar-refractivity contribution in [3.8, 4) is 0 Å². The Morgan fingerprint density at radius 1 is 1.20 bits per heavy atom. The molecule has 4 atom stereocenters. The van der Waals surface area contributed by atoms with Crippen LogP contribution in [0.3, 0.4) is 0 Å². The summed E-state index contributed by atoms with van der Waals surface area (Å²) in [5.74, 6) is 1.60. The zero-order valence-corrected chi connectivity index (χ0v) is 16.8. The zero-order chi connectivity index (χ0) is 20.8. The molecule has 1 N–H and O–H groups in total. The molecule has 30 heavy (non-hydrogen) atoms. The fraction of sp³-hybridized carbons (Fsp3) is 0.381. The average Bonchev–Trinajstić information content (AvgIpc) is 3.55. The summed E-state index contributed by atoms with van der Waals surface area (Å²) >= 11 is 0. The molecule has 152 valence electrons.